The van der Waals surface area contributed by atoms with Crippen LogP contribution in [-0.2, 0) is 30.6 Å². The zero-order valence-corrected chi connectivity index (χ0v) is 18.5. The van der Waals surface area contributed by atoms with Crippen LogP contribution in [0, 0.1) is 17.2 Å². The Morgan fingerprint density at radius 2 is 1.85 bits per heavy atom. The van der Waals surface area contributed by atoms with E-state index in [0.717, 1.165) is 24.8 Å². The minimum atomic E-state index is -0.775. The van der Waals surface area contributed by atoms with Gasteiger partial charge in [0.05, 0.1) is 18.8 Å². The van der Waals surface area contributed by atoms with Gasteiger partial charge in [0.25, 0.3) is 5.91 Å². The summed E-state index contributed by atoms with van der Waals surface area (Å²) in [5, 5.41) is 23.0. The van der Waals surface area contributed by atoms with Gasteiger partial charge in [-0.1, -0.05) is 60.7 Å². The van der Waals surface area contributed by atoms with Gasteiger partial charge >= 0.3 is 0 Å². The maximum Gasteiger partial charge on any atom is 0.274 e. The third kappa shape index (κ3) is 5.26. The molecule has 0 fully saturated rings. The van der Waals surface area contributed by atoms with E-state index in [1.165, 1.54) is 22.0 Å². The van der Waals surface area contributed by atoms with Crippen LogP contribution in [0.25, 0.3) is 0 Å². The van der Waals surface area contributed by atoms with Crippen LogP contribution in [-0.4, -0.2) is 33.4 Å². The van der Waals surface area contributed by atoms with Gasteiger partial charge in [-0.3, -0.25) is 9.59 Å². The molecule has 1 heterocycles. The zero-order valence-electron chi connectivity index (χ0n) is 18.5. The molecule has 0 spiro atoms. The van der Waals surface area contributed by atoms with Gasteiger partial charge in [-0.2, -0.15) is 5.26 Å². The highest BCUT2D eigenvalue weighted by molar-refractivity contribution is 5.92. The predicted molar refractivity (Wildman–Crippen MR) is 122 cm³/mol. The number of aromatic nitrogens is 3. The lowest BCUT2D eigenvalue weighted by atomic mass is 10.0. The van der Waals surface area contributed by atoms with Crippen molar-refractivity contribution in [3.05, 3.63) is 82.7 Å². The monoisotopic (exact) mass is 442 g/mol. The van der Waals surface area contributed by atoms with Crippen LogP contribution in [0.15, 0.2) is 54.7 Å². The highest BCUT2D eigenvalue weighted by Gasteiger charge is 2.26. The normalized spacial score (nSPS) is 13.7. The van der Waals surface area contributed by atoms with Gasteiger partial charge in [0, 0.05) is 12.5 Å². The van der Waals surface area contributed by atoms with Crippen molar-refractivity contribution in [1.82, 2.24) is 25.6 Å². The minimum Gasteiger partial charge on any atom is -0.354 e. The van der Waals surface area contributed by atoms with Gasteiger partial charge in [0.15, 0.2) is 5.69 Å². The van der Waals surface area contributed by atoms with E-state index in [1.807, 2.05) is 36.4 Å². The molecule has 1 unspecified atom stereocenters. The SMILES string of the molecule is CCc1ccc(C(C#N)NC(=O)c2cn(CCNC(=O)C3Cc4ccccc4C3)nn2)cc1. The molecule has 1 aliphatic carbocycles. The summed E-state index contributed by atoms with van der Waals surface area (Å²) >= 11 is 0. The highest BCUT2D eigenvalue weighted by Crippen LogP contribution is 2.26. The van der Waals surface area contributed by atoms with Crippen LogP contribution in [0.5, 0.6) is 0 Å². The van der Waals surface area contributed by atoms with Crippen LogP contribution in [0.4, 0.5) is 0 Å². The summed E-state index contributed by atoms with van der Waals surface area (Å²) in [5.74, 6) is -0.496. The van der Waals surface area contributed by atoms with Gasteiger partial charge in [0.2, 0.25) is 5.91 Å². The molecule has 8 nitrogen and oxygen atoms in total. The van der Waals surface area contributed by atoms with Crippen LogP contribution < -0.4 is 10.6 Å². The second-order valence-corrected chi connectivity index (χ2v) is 8.16. The van der Waals surface area contributed by atoms with Crippen LogP contribution >= 0.6 is 0 Å². The molecular weight excluding hydrogens is 416 g/mol. The third-order valence-electron chi connectivity index (χ3n) is 5.96. The van der Waals surface area contributed by atoms with Crippen molar-refractivity contribution in [2.24, 2.45) is 5.92 Å². The first-order valence-electron chi connectivity index (χ1n) is 11.1. The lowest BCUT2D eigenvalue weighted by molar-refractivity contribution is -0.124. The Morgan fingerprint density at radius 3 is 2.48 bits per heavy atom. The van der Waals surface area contributed by atoms with E-state index < -0.39 is 11.9 Å². The molecule has 3 aromatic rings. The lowest BCUT2D eigenvalue weighted by Gasteiger charge is -2.11. The second-order valence-electron chi connectivity index (χ2n) is 8.16. The number of rotatable bonds is 8. The number of nitrogens with one attached hydrogen (secondary N) is 2. The molecular formula is C25H26N6O2. The first kappa shape index (κ1) is 22.2. The van der Waals surface area contributed by atoms with Crippen molar-refractivity contribution in [3.63, 3.8) is 0 Å². The molecule has 168 valence electrons. The van der Waals surface area contributed by atoms with Gasteiger partial charge in [-0.15, -0.1) is 5.10 Å². The summed E-state index contributed by atoms with van der Waals surface area (Å²) in [7, 11) is 0. The van der Waals surface area contributed by atoms with E-state index in [1.54, 1.807) is 0 Å². The second kappa shape index (κ2) is 10.1. The number of hydrogen-bond donors (Lipinski definition) is 2. The molecule has 2 amide bonds. The van der Waals surface area contributed by atoms with Crippen molar-refractivity contribution < 1.29 is 9.59 Å². The number of hydrogen-bond acceptors (Lipinski definition) is 5. The number of aryl methyl sites for hydroxylation is 1. The van der Waals surface area contributed by atoms with Crippen molar-refractivity contribution in [1.29, 1.82) is 5.26 Å². The molecule has 1 aromatic heterocycles. The van der Waals surface area contributed by atoms with Gasteiger partial charge in [-0.05, 0) is 41.5 Å². The number of nitriles is 1. The Balaban J connectivity index is 1.26. The topological polar surface area (TPSA) is 113 Å². The maximum atomic E-state index is 12.5. The fourth-order valence-electron chi connectivity index (χ4n) is 4.03. The van der Waals surface area contributed by atoms with E-state index in [4.69, 9.17) is 0 Å². The van der Waals surface area contributed by atoms with Crippen LogP contribution in [0.2, 0.25) is 0 Å². The zero-order chi connectivity index (χ0) is 23.2. The Bertz CT molecular complexity index is 1150. The fraction of sp³-hybridized carbons (Fsp3) is 0.320. The Labute approximate surface area is 192 Å². The molecule has 0 radical (unpaired) electrons. The first-order valence-corrected chi connectivity index (χ1v) is 11.1. The molecule has 8 heteroatoms. The van der Waals surface area contributed by atoms with E-state index >= 15 is 0 Å². The Hall–Kier alpha value is -3.99. The third-order valence-corrected chi connectivity index (χ3v) is 5.96. The standard InChI is InChI=1S/C25H26N6O2/c1-2-17-7-9-18(10-8-17)22(15-26)28-25(33)23-16-31(30-29-23)12-11-27-24(32)21-13-19-5-3-4-6-20(19)14-21/h3-10,16,21-22H,2,11-14H2,1H3,(H,27,32)(H,28,33). The van der Waals surface area contributed by atoms with E-state index in [9.17, 15) is 14.9 Å². The van der Waals surface area contributed by atoms with E-state index in [2.05, 4.69) is 46.1 Å². The summed E-state index contributed by atoms with van der Waals surface area (Å²) in [4.78, 5) is 25.0. The largest absolute Gasteiger partial charge is 0.354 e. The van der Waals surface area contributed by atoms with E-state index in [0.29, 0.717) is 18.7 Å². The molecule has 4 rings (SSSR count). The molecule has 1 atom stereocenters. The Kier molecular flexibility index (Phi) is 6.79. The summed E-state index contributed by atoms with van der Waals surface area (Å²) in [5.41, 5.74) is 4.47. The molecule has 0 saturated carbocycles. The van der Waals surface area contributed by atoms with E-state index in [-0.39, 0.29) is 17.5 Å². The van der Waals surface area contributed by atoms with Gasteiger partial charge in [0.1, 0.15) is 6.04 Å². The molecule has 0 aliphatic heterocycles. The number of carbonyl (C=O) groups excluding carboxylic acids is 2. The molecule has 2 N–H and O–H groups in total. The lowest BCUT2D eigenvalue weighted by Crippen LogP contribution is -2.33. The highest BCUT2D eigenvalue weighted by atomic mass is 16.2. The first-order chi connectivity index (χ1) is 16.1. The number of amides is 2. The average Bonchev–Trinajstić information content (AvgIpc) is 3.50. The van der Waals surface area contributed by atoms with Crippen molar-refractivity contribution >= 4 is 11.8 Å². The predicted octanol–water partition coefficient (Wildman–Crippen LogP) is 2.37. The number of fused-ring (bicyclic) bond motifs is 1. The molecule has 0 bridgehead atoms. The summed E-state index contributed by atoms with van der Waals surface area (Å²) in [6.45, 7) is 2.84. The maximum absolute atomic E-state index is 12.5. The smallest absolute Gasteiger partial charge is 0.274 e. The molecule has 1 aliphatic rings. The molecule has 33 heavy (non-hydrogen) atoms. The Morgan fingerprint density at radius 1 is 1.15 bits per heavy atom. The van der Waals surface area contributed by atoms with Gasteiger partial charge in [-0.25, -0.2) is 4.68 Å². The average molecular weight is 443 g/mol. The number of nitrogens with zero attached hydrogens (tertiary/aromatic N) is 4. The summed E-state index contributed by atoms with van der Waals surface area (Å²) in [6.07, 6.45) is 3.94. The van der Waals surface area contributed by atoms with Crippen LogP contribution in [0.1, 0.15) is 45.7 Å². The summed E-state index contributed by atoms with van der Waals surface area (Å²) < 4.78 is 1.51. The van der Waals surface area contributed by atoms with Crippen molar-refractivity contribution in [2.75, 3.05) is 6.54 Å². The molecule has 0 saturated heterocycles. The quantitative estimate of drug-likeness (QED) is 0.556. The van der Waals surface area contributed by atoms with Crippen molar-refractivity contribution in [3.8, 4) is 6.07 Å². The van der Waals surface area contributed by atoms with Crippen LogP contribution in [0.3, 0.4) is 0 Å². The van der Waals surface area contributed by atoms with Crippen molar-refractivity contribution in [2.45, 2.75) is 38.8 Å². The molecule has 2 aromatic carbocycles. The summed E-state index contributed by atoms with van der Waals surface area (Å²) in [6, 6.07) is 17.0. The number of carbonyl (C=O) groups is 2. The minimum absolute atomic E-state index is 0.0234. The number of benzene rings is 2. The van der Waals surface area contributed by atoms with Gasteiger partial charge < -0.3 is 10.6 Å². The fourth-order valence-corrected chi connectivity index (χ4v) is 4.03.